The summed E-state index contributed by atoms with van der Waals surface area (Å²) >= 11 is 11.8. The molecule has 5 nitrogen and oxygen atoms in total. The van der Waals surface area contributed by atoms with Crippen molar-refractivity contribution in [3.8, 4) is 11.3 Å². The summed E-state index contributed by atoms with van der Waals surface area (Å²) in [7, 11) is 0. The molecule has 2 heterocycles. The minimum atomic E-state index is -0.335. The van der Waals surface area contributed by atoms with Crippen LogP contribution in [0.5, 0.6) is 0 Å². The summed E-state index contributed by atoms with van der Waals surface area (Å²) in [5.74, 6) is 0. The molecule has 0 saturated carbocycles. The van der Waals surface area contributed by atoms with E-state index in [4.69, 9.17) is 23.2 Å². The zero-order valence-corrected chi connectivity index (χ0v) is 14.6. The number of hydrogen-bond donors (Lipinski definition) is 2. The van der Waals surface area contributed by atoms with Crippen LogP contribution in [0, 0.1) is 0 Å². The van der Waals surface area contributed by atoms with Crippen molar-refractivity contribution >= 4 is 34.9 Å². The molecule has 126 valence electrons. The fourth-order valence-electron chi connectivity index (χ4n) is 2.19. The van der Waals surface area contributed by atoms with Gasteiger partial charge in [-0.05, 0) is 48.0 Å². The number of carbonyl (C=O) groups excluding carboxylic acids is 1. The molecule has 0 fully saturated rings. The maximum absolute atomic E-state index is 12.0. The van der Waals surface area contributed by atoms with E-state index < -0.39 is 0 Å². The average Bonchev–Trinajstić information content (AvgIpc) is 2.64. The van der Waals surface area contributed by atoms with Gasteiger partial charge in [-0.2, -0.15) is 0 Å². The second-order valence-corrected chi connectivity index (χ2v) is 6.04. The molecule has 3 aromatic rings. The molecule has 7 heteroatoms. The molecule has 3 rings (SSSR count). The summed E-state index contributed by atoms with van der Waals surface area (Å²) in [5, 5.41) is 6.32. The van der Waals surface area contributed by atoms with Crippen LogP contribution in [0.4, 0.5) is 10.5 Å². The van der Waals surface area contributed by atoms with Gasteiger partial charge in [-0.25, -0.2) is 4.79 Å². The van der Waals surface area contributed by atoms with Gasteiger partial charge in [0.15, 0.2) is 0 Å². The SMILES string of the molecule is O=C(NCc1ccnc(-c2cccnc2)c1)Nc1ccc(Cl)c(Cl)c1. The first-order valence-corrected chi connectivity index (χ1v) is 8.22. The van der Waals surface area contributed by atoms with Crippen LogP contribution in [0.3, 0.4) is 0 Å². The number of benzene rings is 1. The van der Waals surface area contributed by atoms with Crippen molar-refractivity contribution in [2.75, 3.05) is 5.32 Å². The van der Waals surface area contributed by atoms with E-state index in [0.29, 0.717) is 22.3 Å². The molecule has 2 amide bonds. The fraction of sp³-hybridized carbons (Fsp3) is 0.0556. The van der Waals surface area contributed by atoms with Gasteiger partial charge in [-0.1, -0.05) is 23.2 Å². The summed E-state index contributed by atoms with van der Waals surface area (Å²) in [4.78, 5) is 20.4. The highest BCUT2D eigenvalue weighted by molar-refractivity contribution is 6.42. The van der Waals surface area contributed by atoms with Gasteiger partial charge in [0.25, 0.3) is 0 Å². The molecule has 0 unspecified atom stereocenters. The third-order valence-corrected chi connectivity index (χ3v) is 4.15. The molecule has 2 N–H and O–H groups in total. The van der Waals surface area contributed by atoms with Crippen LogP contribution in [0.1, 0.15) is 5.56 Å². The number of nitrogens with one attached hydrogen (secondary N) is 2. The average molecular weight is 373 g/mol. The first-order chi connectivity index (χ1) is 12.1. The Labute approximate surface area is 155 Å². The van der Waals surface area contributed by atoms with Gasteiger partial charge in [0.2, 0.25) is 0 Å². The van der Waals surface area contributed by atoms with Gasteiger partial charge in [0.05, 0.1) is 15.7 Å². The maximum Gasteiger partial charge on any atom is 0.319 e. The number of nitrogens with zero attached hydrogens (tertiary/aromatic N) is 2. The third-order valence-electron chi connectivity index (χ3n) is 3.41. The van der Waals surface area contributed by atoms with E-state index in [0.717, 1.165) is 16.8 Å². The summed E-state index contributed by atoms with van der Waals surface area (Å²) in [6, 6.07) is 12.1. The van der Waals surface area contributed by atoms with E-state index in [1.54, 1.807) is 36.8 Å². The van der Waals surface area contributed by atoms with Crippen molar-refractivity contribution in [1.82, 2.24) is 15.3 Å². The lowest BCUT2D eigenvalue weighted by Crippen LogP contribution is -2.28. The largest absolute Gasteiger partial charge is 0.334 e. The number of urea groups is 1. The second kappa shape index (κ2) is 7.96. The molecule has 0 atom stereocenters. The summed E-state index contributed by atoms with van der Waals surface area (Å²) in [6.07, 6.45) is 5.16. The highest BCUT2D eigenvalue weighted by Crippen LogP contribution is 2.25. The molecule has 0 bridgehead atoms. The standard InChI is InChI=1S/C18H14Cl2N4O/c19-15-4-3-14(9-16(15)20)24-18(25)23-10-12-5-7-22-17(8-12)13-2-1-6-21-11-13/h1-9,11H,10H2,(H2,23,24,25). The quantitative estimate of drug-likeness (QED) is 0.692. The van der Waals surface area contributed by atoms with Crippen molar-refractivity contribution in [1.29, 1.82) is 0 Å². The number of carbonyl (C=O) groups is 1. The zero-order chi connectivity index (χ0) is 17.6. The van der Waals surface area contributed by atoms with Crippen molar-refractivity contribution in [3.63, 3.8) is 0 Å². The van der Waals surface area contributed by atoms with Crippen molar-refractivity contribution in [2.45, 2.75) is 6.54 Å². The van der Waals surface area contributed by atoms with Gasteiger partial charge < -0.3 is 10.6 Å². The molecule has 0 aliphatic heterocycles. The Morgan fingerprint density at radius 3 is 2.68 bits per heavy atom. The lowest BCUT2D eigenvalue weighted by molar-refractivity contribution is 0.251. The van der Waals surface area contributed by atoms with Crippen molar-refractivity contribution in [2.24, 2.45) is 0 Å². The van der Waals surface area contributed by atoms with Gasteiger partial charge in [0, 0.05) is 36.4 Å². The Bertz CT molecular complexity index is 887. The molecule has 2 aromatic heterocycles. The van der Waals surface area contributed by atoms with E-state index in [-0.39, 0.29) is 6.03 Å². The Morgan fingerprint density at radius 2 is 1.92 bits per heavy atom. The summed E-state index contributed by atoms with van der Waals surface area (Å²) < 4.78 is 0. The number of pyridine rings is 2. The number of anilines is 1. The van der Waals surface area contributed by atoms with E-state index in [2.05, 4.69) is 20.6 Å². The Morgan fingerprint density at radius 1 is 1.04 bits per heavy atom. The zero-order valence-electron chi connectivity index (χ0n) is 13.0. The highest BCUT2D eigenvalue weighted by Gasteiger charge is 2.05. The van der Waals surface area contributed by atoms with Gasteiger partial charge in [-0.3, -0.25) is 9.97 Å². The predicted molar refractivity (Wildman–Crippen MR) is 99.8 cm³/mol. The van der Waals surface area contributed by atoms with Crippen LogP contribution >= 0.6 is 23.2 Å². The Balaban J connectivity index is 1.61. The van der Waals surface area contributed by atoms with Crippen LogP contribution in [0.15, 0.2) is 61.1 Å². The molecular weight excluding hydrogens is 359 g/mol. The molecule has 0 saturated heterocycles. The van der Waals surface area contributed by atoms with Crippen LogP contribution in [-0.4, -0.2) is 16.0 Å². The van der Waals surface area contributed by atoms with Crippen LogP contribution in [0.2, 0.25) is 10.0 Å². The number of hydrogen-bond acceptors (Lipinski definition) is 3. The number of rotatable bonds is 4. The number of aromatic nitrogens is 2. The molecule has 1 aromatic carbocycles. The third kappa shape index (κ3) is 4.68. The molecule has 0 spiro atoms. The molecule has 0 aliphatic rings. The molecule has 0 aliphatic carbocycles. The predicted octanol–water partition coefficient (Wildman–Crippen LogP) is 4.77. The smallest absolute Gasteiger partial charge is 0.319 e. The Kier molecular flexibility index (Phi) is 5.48. The summed E-state index contributed by atoms with van der Waals surface area (Å²) in [5.41, 5.74) is 3.22. The fourth-order valence-corrected chi connectivity index (χ4v) is 2.49. The van der Waals surface area contributed by atoms with Crippen molar-refractivity contribution in [3.05, 3.63) is 76.7 Å². The molecule has 25 heavy (non-hydrogen) atoms. The molecular formula is C18H14Cl2N4O. The lowest BCUT2D eigenvalue weighted by atomic mass is 10.1. The lowest BCUT2D eigenvalue weighted by Gasteiger charge is -2.09. The van der Waals surface area contributed by atoms with E-state index in [1.165, 1.54) is 0 Å². The van der Waals surface area contributed by atoms with Crippen LogP contribution in [0.25, 0.3) is 11.3 Å². The van der Waals surface area contributed by atoms with Crippen molar-refractivity contribution < 1.29 is 4.79 Å². The maximum atomic E-state index is 12.0. The highest BCUT2D eigenvalue weighted by atomic mass is 35.5. The first-order valence-electron chi connectivity index (χ1n) is 7.47. The molecule has 0 radical (unpaired) electrons. The number of amides is 2. The topological polar surface area (TPSA) is 66.9 Å². The normalized spacial score (nSPS) is 10.3. The monoisotopic (exact) mass is 372 g/mol. The van der Waals surface area contributed by atoms with Crippen LogP contribution < -0.4 is 10.6 Å². The van der Waals surface area contributed by atoms with E-state index in [1.807, 2.05) is 24.3 Å². The van der Waals surface area contributed by atoms with E-state index in [9.17, 15) is 4.79 Å². The van der Waals surface area contributed by atoms with E-state index >= 15 is 0 Å². The Hall–Kier alpha value is -2.63. The van der Waals surface area contributed by atoms with Crippen LogP contribution in [-0.2, 0) is 6.54 Å². The minimum Gasteiger partial charge on any atom is -0.334 e. The minimum absolute atomic E-state index is 0.335. The van der Waals surface area contributed by atoms with Gasteiger partial charge in [-0.15, -0.1) is 0 Å². The summed E-state index contributed by atoms with van der Waals surface area (Å²) in [6.45, 7) is 0.364. The first kappa shape index (κ1) is 17.2. The van der Waals surface area contributed by atoms with Gasteiger partial charge in [0.1, 0.15) is 0 Å². The second-order valence-electron chi connectivity index (χ2n) is 5.23. The van der Waals surface area contributed by atoms with Gasteiger partial charge >= 0.3 is 6.03 Å². The number of halogens is 2.